The summed E-state index contributed by atoms with van der Waals surface area (Å²) in [6, 6.07) is 8.44. The van der Waals surface area contributed by atoms with Crippen molar-refractivity contribution < 1.29 is 27.8 Å². The lowest BCUT2D eigenvalue weighted by molar-refractivity contribution is -0.274. The number of halogens is 5. The van der Waals surface area contributed by atoms with Crippen molar-refractivity contribution in [1.82, 2.24) is 4.98 Å². The first-order valence-corrected chi connectivity index (χ1v) is 12.9. The molecule has 0 amide bonds. The number of ether oxygens (including phenoxy) is 1. The van der Waals surface area contributed by atoms with Crippen LogP contribution in [-0.4, -0.2) is 38.0 Å². The summed E-state index contributed by atoms with van der Waals surface area (Å²) in [6.45, 7) is 0. The predicted molar refractivity (Wildman–Crippen MR) is 127 cm³/mol. The van der Waals surface area contributed by atoms with Crippen molar-refractivity contribution in [2.24, 2.45) is 0 Å². The number of anilines is 1. The molecule has 32 heavy (non-hydrogen) atoms. The maximum absolute atomic E-state index is 12.3. The van der Waals surface area contributed by atoms with E-state index in [4.69, 9.17) is 0 Å². The summed E-state index contributed by atoms with van der Waals surface area (Å²) >= 11 is 10.0. The van der Waals surface area contributed by atoms with Crippen LogP contribution in [0, 0.1) is 0 Å². The van der Waals surface area contributed by atoms with Crippen LogP contribution in [0.1, 0.15) is 10.4 Å². The van der Waals surface area contributed by atoms with Gasteiger partial charge >= 0.3 is 12.3 Å². The largest absolute Gasteiger partial charge is 0.573 e. The van der Waals surface area contributed by atoms with E-state index in [1.165, 1.54) is 42.1 Å². The van der Waals surface area contributed by atoms with Crippen LogP contribution in [0.15, 0.2) is 58.4 Å². The van der Waals surface area contributed by atoms with Crippen molar-refractivity contribution in [3.63, 3.8) is 0 Å². The minimum absolute atomic E-state index is 0.105. The number of hydrogen-bond donors (Lipinski definition) is 2. The molecular formula is C20H15Br2F3N2O3S2. The molecule has 12 heteroatoms. The molecule has 0 saturated carbocycles. The molecule has 0 saturated heterocycles. The number of carboxylic acids is 1. The second-order valence-corrected chi connectivity index (χ2v) is 9.74. The number of nitrogens with zero attached hydrogens (tertiary/aromatic N) is 1. The summed E-state index contributed by atoms with van der Waals surface area (Å²) in [4.78, 5) is 15.6. The number of alkyl halides is 5. The van der Waals surface area contributed by atoms with Gasteiger partial charge in [0.1, 0.15) is 10.6 Å². The molecule has 2 N–H and O–H groups in total. The van der Waals surface area contributed by atoms with Gasteiger partial charge in [-0.2, -0.15) is 0 Å². The molecule has 2 aromatic carbocycles. The summed E-state index contributed by atoms with van der Waals surface area (Å²) in [7, 11) is 0. The van der Waals surface area contributed by atoms with E-state index < -0.39 is 17.2 Å². The third-order valence-electron chi connectivity index (χ3n) is 4.19. The van der Waals surface area contributed by atoms with Crippen molar-refractivity contribution in [2.45, 2.75) is 16.1 Å². The highest BCUT2D eigenvalue weighted by atomic mass is 79.9. The van der Waals surface area contributed by atoms with Crippen LogP contribution in [0.2, 0.25) is 0 Å². The topological polar surface area (TPSA) is 71.5 Å². The Morgan fingerprint density at radius 3 is 2.34 bits per heavy atom. The standard InChI is InChI=1S/C17H12Br2F3NO3S.C3H3NS/c18-7-16(8-19)23-14-12(5-10(15(24)25)6-13(14)27-16)9-1-3-11(4-2-9)26-17(20,21)22;1-2-5-3-4-1/h1-6,23H,7-8H2,(H,24,25);1-3H. The van der Waals surface area contributed by atoms with Gasteiger partial charge in [0.2, 0.25) is 0 Å². The average Bonchev–Trinajstić information content (AvgIpc) is 3.44. The third-order valence-corrected chi connectivity index (χ3v) is 8.69. The molecule has 1 aromatic heterocycles. The molecule has 170 valence electrons. The highest BCUT2D eigenvalue weighted by Crippen LogP contribution is 2.51. The van der Waals surface area contributed by atoms with Crippen LogP contribution in [0.4, 0.5) is 18.9 Å². The minimum Gasteiger partial charge on any atom is -0.478 e. The number of benzene rings is 2. The fraction of sp³-hybridized carbons (Fsp3) is 0.200. The van der Waals surface area contributed by atoms with Crippen molar-refractivity contribution in [3.8, 4) is 16.9 Å². The molecule has 0 atom stereocenters. The number of fused-ring (bicyclic) bond motifs is 1. The number of aromatic nitrogens is 1. The molecular weight excluding hydrogens is 597 g/mol. The Morgan fingerprint density at radius 2 is 1.88 bits per heavy atom. The Balaban J connectivity index is 0.000000509. The Morgan fingerprint density at radius 1 is 1.19 bits per heavy atom. The van der Waals surface area contributed by atoms with Crippen molar-refractivity contribution >= 4 is 66.6 Å². The molecule has 5 nitrogen and oxygen atoms in total. The van der Waals surface area contributed by atoms with Gasteiger partial charge < -0.3 is 15.2 Å². The normalized spacial score (nSPS) is 14.0. The molecule has 0 bridgehead atoms. The van der Waals surface area contributed by atoms with E-state index in [-0.39, 0.29) is 11.3 Å². The number of carbonyl (C=O) groups is 1. The Hall–Kier alpha value is -1.76. The second-order valence-electron chi connectivity index (χ2n) is 6.44. The Bertz CT molecular complexity index is 1040. The van der Waals surface area contributed by atoms with Crippen molar-refractivity contribution in [2.75, 3.05) is 16.0 Å². The quantitative estimate of drug-likeness (QED) is 0.300. The van der Waals surface area contributed by atoms with E-state index in [0.29, 0.717) is 21.8 Å². The lowest BCUT2D eigenvalue weighted by Gasteiger charge is -2.24. The van der Waals surface area contributed by atoms with Crippen molar-refractivity contribution in [1.29, 1.82) is 0 Å². The number of thiazole rings is 1. The van der Waals surface area contributed by atoms with Crippen LogP contribution < -0.4 is 10.1 Å². The van der Waals surface area contributed by atoms with Crippen LogP contribution in [0.3, 0.4) is 0 Å². The van der Waals surface area contributed by atoms with Crippen LogP contribution in [0.5, 0.6) is 5.75 Å². The van der Waals surface area contributed by atoms with Crippen LogP contribution >= 0.6 is 55.0 Å². The zero-order valence-electron chi connectivity index (χ0n) is 16.0. The highest BCUT2D eigenvalue weighted by molar-refractivity contribution is 9.10. The van der Waals surface area contributed by atoms with Crippen LogP contribution in [-0.2, 0) is 0 Å². The molecule has 0 unspecified atom stereocenters. The van der Waals surface area contributed by atoms with Gasteiger partial charge in [-0.3, -0.25) is 4.98 Å². The fourth-order valence-electron chi connectivity index (χ4n) is 2.81. The van der Waals surface area contributed by atoms with Gasteiger partial charge in [-0.05, 0) is 29.8 Å². The molecule has 0 fully saturated rings. The number of carboxylic acid groups (broad SMARTS) is 1. The van der Waals surface area contributed by atoms with Gasteiger partial charge in [0.05, 0.1) is 16.8 Å². The Labute approximate surface area is 206 Å². The maximum atomic E-state index is 12.3. The SMILES string of the molecule is O=C(O)c1cc2c(c(-c3ccc(OC(F)(F)F)cc3)c1)NC(CBr)(CBr)S2.c1cscn1. The number of rotatable bonds is 5. The minimum atomic E-state index is -4.77. The molecule has 0 spiro atoms. The summed E-state index contributed by atoms with van der Waals surface area (Å²) in [5, 5.41) is 15.9. The van der Waals surface area contributed by atoms with E-state index in [1.807, 2.05) is 5.38 Å². The van der Waals surface area contributed by atoms with Crippen LogP contribution in [0.25, 0.3) is 11.1 Å². The van der Waals surface area contributed by atoms with Gasteiger partial charge in [0, 0.05) is 32.7 Å². The maximum Gasteiger partial charge on any atom is 0.573 e. The van der Waals surface area contributed by atoms with Gasteiger partial charge in [-0.1, -0.05) is 55.8 Å². The van der Waals surface area contributed by atoms with Crippen molar-refractivity contribution in [3.05, 3.63) is 59.0 Å². The lowest BCUT2D eigenvalue weighted by atomic mass is 10.00. The third kappa shape index (κ3) is 6.18. The molecule has 1 aliphatic rings. The molecule has 0 aliphatic carbocycles. The van der Waals surface area contributed by atoms with Gasteiger partial charge in [0.15, 0.2) is 0 Å². The second kappa shape index (κ2) is 10.4. The number of aromatic carboxylic acids is 1. The first-order valence-electron chi connectivity index (χ1n) is 8.85. The molecule has 2 heterocycles. The highest BCUT2D eigenvalue weighted by Gasteiger charge is 2.38. The number of hydrogen-bond acceptors (Lipinski definition) is 6. The zero-order valence-corrected chi connectivity index (χ0v) is 20.8. The first-order chi connectivity index (χ1) is 15.2. The summed E-state index contributed by atoms with van der Waals surface area (Å²) in [5.74, 6) is -1.42. The molecule has 0 radical (unpaired) electrons. The van der Waals surface area contributed by atoms with E-state index in [2.05, 4.69) is 46.9 Å². The van der Waals surface area contributed by atoms with E-state index in [0.717, 1.165) is 10.6 Å². The van der Waals surface area contributed by atoms with E-state index in [1.54, 1.807) is 29.1 Å². The molecule has 1 aliphatic heterocycles. The van der Waals surface area contributed by atoms with E-state index in [9.17, 15) is 23.1 Å². The number of thioether (sulfide) groups is 1. The fourth-order valence-corrected chi connectivity index (χ4v) is 6.19. The molecule has 4 rings (SSSR count). The van der Waals surface area contributed by atoms with Gasteiger partial charge in [-0.15, -0.1) is 24.5 Å². The van der Waals surface area contributed by atoms with Gasteiger partial charge in [0.25, 0.3) is 0 Å². The summed E-state index contributed by atoms with van der Waals surface area (Å²) < 4.78 is 40.9. The Kier molecular flexibility index (Phi) is 8.12. The van der Waals surface area contributed by atoms with E-state index >= 15 is 0 Å². The zero-order chi connectivity index (χ0) is 23.4. The average molecular weight is 612 g/mol. The van der Waals surface area contributed by atoms with Gasteiger partial charge in [-0.25, -0.2) is 4.79 Å². The lowest BCUT2D eigenvalue weighted by Crippen LogP contribution is -2.34. The number of nitrogens with one attached hydrogen (secondary N) is 1. The molecule has 3 aromatic rings. The smallest absolute Gasteiger partial charge is 0.478 e. The predicted octanol–water partition coefficient (Wildman–Crippen LogP) is 7.10. The summed E-state index contributed by atoms with van der Waals surface area (Å²) in [5.41, 5.74) is 3.82. The summed E-state index contributed by atoms with van der Waals surface area (Å²) in [6.07, 6.45) is -3.00. The first kappa shape index (κ1) is 24.9. The monoisotopic (exact) mass is 610 g/mol.